The summed E-state index contributed by atoms with van der Waals surface area (Å²) in [6, 6.07) is 15.1. The standard InChI is InChI=1S/C20H23BrN2O2S/c1-3-14(2)22-20(25)16-9-5-7-11-18(16)23-19(24)13-26-12-15-8-4-6-10-17(15)21/h4-11,14H,3,12-13H2,1-2H3,(H,22,25)(H,23,24)/t14-/m1/s1. The number of anilines is 1. The van der Waals surface area contributed by atoms with Gasteiger partial charge in [0, 0.05) is 16.3 Å². The van der Waals surface area contributed by atoms with Crippen LogP contribution in [0.2, 0.25) is 0 Å². The van der Waals surface area contributed by atoms with Crippen molar-refractivity contribution in [3.8, 4) is 0 Å². The Bertz CT molecular complexity index is 767. The van der Waals surface area contributed by atoms with E-state index in [9.17, 15) is 9.59 Å². The number of hydrogen-bond acceptors (Lipinski definition) is 3. The molecule has 0 bridgehead atoms. The van der Waals surface area contributed by atoms with E-state index < -0.39 is 0 Å². The van der Waals surface area contributed by atoms with Crippen LogP contribution < -0.4 is 10.6 Å². The largest absolute Gasteiger partial charge is 0.350 e. The molecule has 2 N–H and O–H groups in total. The van der Waals surface area contributed by atoms with Gasteiger partial charge in [0.15, 0.2) is 0 Å². The average molecular weight is 435 g/mol. The normalized spacial score (nSPS) is 11.7. The maximum atomic E-state index is 12.4. The van der Waals surface area contributed by atoms with Gasteiger partial charge < -0.3 is 10.6 Å². The smallest absolute Gasteiger partial charge is 0.253 e. The van der Waals surface area contributed by atoms with Crippen molar-refractivity contribution < 1.29 is 9.59 Å². The first-order valence-electron chi connectivity index (χ1n) is 8.52. The Morgan fingerprint density at radius 1 is 1.12 bits per heavy atom. The van der Waals surface area contributed by atoms with Gasteiger partial charge in [0.2, 0.25) is 5.91 Å². The predicted molar refractivity (Wildman–Crippen MR) is 113 cm³/mol. The molecular formula is C20H23BrN2O2S. The molecule has 0 aliphatic heterocycles. The average Bonchev–Trinajstić information content (AvgIpc) is 2.63. The first kappa shape index (κ1) is 20.5. The maximum Gasteiger partial charge on any atom is 0.253 e. The highest BCUT2D eigenvalue weighted by Crippen LogP contribution is 2.22. The summed E-state index contributed by atoms with van der Waals surface area (Å²) in [6.07, 6.45) is 0.853. The van der Waals surface area contributed by atoms with E-state index in [0.717, 1.165) is 22.2 Å². The van der Waals surface area contributed by atoms with Crippen LogP contribution in [0.1, 0.15) is 36.2 Å². The van der Waals surface area contributed by atoms with Crippen molar-refractivity contribution in [1.82, 2.24) is 5.32 Å². The van der Waals surface area contributed by atoms with Gasteiger partial charge in [-0.3, -0.25) is 9.59 Å². The lowest BCUT2D eigenvalue weighted by Crippen LogP contribution is -2.32. The fourth-order valence-corrected chi connectivity index (χ4v) is 3.69. The molecule has 2 rings (SSSR count). The van der Waals surface area contributed by atoms with Crippen LogP contribution in [0.4, 0.5) is 5.69 Å². The Labute approximate surface area is 167 Å². The Kier molecular flexibility index (Phi) is 8.19. The van der Waals surface area contributed by atoms with Crippen molar-refractivity contribution in [1.29, 1.82) is 0 Å². The summed E-state index contributed by atoms with van der Waals surface area (Å²) in [4.78, 5) is 24.6. The molecule has 6 heteroatoms. The number of rotatable bonds is 8. The Balaban J connectivity index is 1.92. The van der Waals surface area contributed by atoms with Crippen LogP contribution in [0.25, 0.3) is 0 Å². The molecule has 0 aromatic heterocycles. The Morgan fingerprint density at radius 2 is 1.81 bits per heavy atom. The van der Waals surface area contributed by atoms with Crippen LogP contribution in [0.5, 0.6) is 0 Å². The molecule has 0 fully saturated rings. The zero-order chi connectivity index (χ0) is 18.9. The van der Waals surface area contributed by atoms with Crippen molar-refractivity contribution in [3.63, 3.8) is 0 Å². The molecular weight excluding hydrogens is 412 g/mol. The summed E-state index contributed by atoms with van der Waals surface area (Å²) in [5.41, 5.74) is 2.18. The van der Waals surface area contributed by atoms with Crippen molar-refractivity contribution in [2.75, 3.05) is 11.1 Å². The zero-order valence-electron chi connectivity index (χ0n) is 14.9. The Morgan fingerprint density at radius 3 is 2.54 bits per heavy atom. The minimum atomic E-state index is -0.170. The van der Waals surface area contributed by atoms with Crippen LogP contribution in [0.15, 0.2) is 53.0 Å². The maximum absolute atomic E-state index is 12.4. The van der Waals surface area contributed by atoms with Crippen molar-refractivity contribution >= 4 is 45.2 Å². The number of benzene rings is 2. The van der Waals surface area contributed by atoms with Crippen molar-refractivity contribution in [3.05, 3.63) is 64.1 Å². The third-order valence-corrected chi connectivity index (χ3v) is 5.64. The van der Waals surface area contributed by atoms with E-state index in [0.29, 0.717) is 17.0 Å². The molecule has 0 spiro atoms. The number of amides is 2. The SMILES string of the molecule is CC[C@@H](C)NC(=O)c1ccccc1NC(=O)CSCc1ccccc1Br. The molecule has 0 radical (unpaired) electrons. The lowest BCUT2D eigenvalue weighted by molar-refractivity contribution is -0.113. The van der Waals surface area contributed by atoms with E-state index in [1.165, 1.54) is 11.8 Å². The van der Waals surface area contributed by atoms with Crippen LogP contribution in [0, 0.1) is 0 Å². The second-order valence-corrected chi connectivity index (χ2v) is 7.80. The van der Waals surface area contributed by atoms with E-state index in [1.54, 1.807) is 18.2 Å². The number of halogens is 1. The van der Waals surface area contributed by atoms with Gasteiger partial charge in [-0.25, -0.2) is 0 Å². The minimum Gasteiger partial charge on any atom is -0.350 e. The van der Waals surface area contributed by atoms with Crippen LogP contribution >= 0.6 is 27.7 Å². The van der Waals surface area contributed by atoms with Gasteiger partial charge in [-0.15, -0.1) is 11.8 Å². The van der Waals surface area contributed by atoms with E-state index >= 15 is 0 Å². The van der Waals surface area contributed by atoms with Crippen LogP contribution in [0.3, 0.4) is 0 Å². The highest BCUT2D eigenvalue weighted by atomic mass is 79.9. The lowest BCUT2D eigenvalue weighted by atomic mass is 10.1. The van der Waals surface area contributed by atoms with Gasteiger partial charge >= 0.3 is 0 Å². The van der Waals surface area contributed by atoms with Crippen molar-refractivity contribution in [2.45, 2.75) is 32.1 Å². The molecule has 2 amide bonds. The van der Waals surface area contributed by atoms with Crippen molar-refractivity contribution in [2.24, 2.45) is 0 Å². The molecule has 0 saturated heterocycles. The second-order valence-electron chi connectivity index (χ2n) is 5.96. The third kappa shape index (κ3) is 6.18. The quantitative estimate of drug-likeness (QED) is 0.623. The summed E-state index contributed by atoms with van der Waals surface area (Å²) in [5, 5.41) is 5.78. The molecule has 0 saturated carbocycles. The highest BCUT2D eigenvalue weighted by Gasteiger charge is 2.14. The van der Waals surface area contributed by atoms with Gasteiger partial charge in [-0.1, -0.05) is 53.2 Å². The molecule has 2 aromatic carbocycles. The topological polar surface area (TPSA) is 58.2 Å². The van der Waals surface area contributed by atoms with E-state index in [-0.39, 0.29) is 17.9 Å². The van der Waals surface area contributed by atoms with Crippen LogP contribution in [-0.4, -0.2) is 23.6 Å². The third-order valence-electron chi connectivity index (χ3n) is 3.88. The number of nitrogens with one attached hydrogen (secondary N) is 2. The molecule has 2 aromatic rings. The van der Waals surface area contributed by atoms with Gasteiger partial charge in [0.05, 0.1) is 17.0 Å². The zero-order valence-corrected chi connectivity index (χ0v) is 17.3. The van der Waals surface area contributed by atoms with E-state index in [2.05, 4.69) is 26.6 Å². The molecule has 1 atom stereocenters. The molecule has 0 aliphatic rings. The summed E-state index contributed by atoms with van der Waals surface area (Å²) in [5.74, 6) is 0.773. The number of hydrogen-bond donors (Lipinski definition) is 2. The number of carbonyl (C=O) groups excluding carboxylic acids is 2. The monoisotopic (exact) mass is 434 g/mol. The number of para-hydroxylation sites is 1. The van der Waals surface area contributed by atoms with Gasteiger partial charge in [0.25, 0.3) is 5.91 Å². The first-order chi connectivity index (χ1) is 12.5. The lowest BCUT2D eigenvalue weighted by Gasteiger charge is -2.14. The van der Waals surface area contributed by atoms with Crippen LogP contribution in [-0.2, 0) is 10.5 Å². The predicted octanol–water partition coefficient (Wildman–Crippen LogP) is 4.85. The summed E-state index contributed by atoms with van der Waals surface area (Å²) < 4.78 is 1.04. The highest BCUT2D eigenvalue weighted by molar-refractivity contribution is 9.10. The fourth-order valence-electron chi connectivity index (χ4n) is 2.25. The fraction of sp³-hybridized carbons (Fsp3) is 0.300. The van der Waals surface area contributed by atoms with E-state index in [1.807, 2.05) is 44.2 Å². The van der Waals surface area contributed by atoms with Gasteiger partial charge in [0.1, 0.15) is 0 Å². The summed E-state index contributed by atoms with van der Waals surface area (Å²) in [7, 11) is 0. The van der Waals surface area contributed by atoms with E-state index in [4.69, 9.17) is 0 Å². The Hall–Kier alpha value is -1.79. The second kappa shape index (κ2) is 10.4. The molecule has 4 nitrogen and oxygen atoms in total. The molecule has 26 heavy (non-hydrogen) atoms. The molecule has 0 unspecified atom stereocenters. The molecule has 0 heterocycles. The molecule has 0 aliphatic carbocycles. The minimum absolute atomic E-state index is 0.0890. The number of thioether (sulfide) groups is 1. The number of carbonyl (C=O) groups is 2. The molecule has 138 valence electrons. The summed E-state index contributed by atoms with van der Waals surface area (Å²) in [6.45, 7) is 3.97. The first-order valence-corrected chi connectivity index (χ1v) is 10.5. The van der Waals surface area contributed by atoms with Gasteiger partial charge in [-0.2, -0.15) is 0 Å². The summed E-state index contributed by atoms with van der Waals surface area (Å²) >= 11 is 5.04. The van der Waals surface area contributed by atoms with Gasteiger partial charge in [-0.05, 0) is 37.1 Å².